The van der Waals surface area contributed by atoms with Crippen molar-refractivity contribution in [2.75, 3.05) is 0 Å². The lowest BCUT2D eigenvalue weighted by molar-refractivity contribution is 0.568. The molecule has 3 aromatic rings. The Balaban J connectivity index is 1.97. The van der Waals surface area contributed by atoms with E-state index in [0.29, 0.717) is 6.54 Å². The highest BCUT2D eigenvalue weighted by molar-refractivity contribution is 7.13. The van der Waals surface area contributed by atoms with Gasteiger partial charge in [0.05, 0.1) is 18.2 Å². The van der Waals surface area contributed by atoms with Crippen molar-refractivity contribution in [3.8, 4) is 21.8 Å². The van der Waals surface area contributed by atoms with Gasteiger partial charge in [0.25, 0.3) is 0 Å². The zero-order valence-corrected chi connectivity index (χ0v) is 10.5. The normalized spacial score (nSPS) is 10.7. The van der Waals surface area contributed by atoms with Crippen molar-refractivity contribution in [3.05, 3.63) is 53.8 Å². The van der Waals surface area contributed by atoms with Crippen LogP contribution in [0.15, 0.2) is 52.7 Å². The summed E-state index contributed by atoms with van der Waals surface area (Å²) in [7, 11) is 0. The number of hydrogen-bond donors (Lipinski definition) is 1. The predicted molar refractivity (Wildman–Crippen MR) is 73.1 cm³/mol. The molecule has 0 fully saturated rings. The van der Waals surface area contributed by atoms with Crippen molar-refractivity contribution < 1.29 is 4.42 Å². The molecular formula is C14H12N2OS. The highest BCUT2D eigenvalue weighted by Crippen LogP contribution is 2.29. The number of furan rings is 1. The Kier molecular flexibility index (Phi) is 2.96. The standard InChI is InChI=1S/C14H12N2OS/c15-7-10-2-1-3-11(6-10)14-16-13(9-18-14)12-4-5-17-8-12/h1-6,8-9H,7,15H2. The van der Waals surface area contributed by atoms with Crippen molar-refractivity contribution in [1.29, 1.82) is 0 Å². The van der Waals surface area contributed by atoms with Crippen LogP contribution in [0, 0.1) is 0 Å². The van der Waals surface area contributed by atoms with Crippen molar-refractivity contribution >= 4 is 11.3 Å². The van der Waals surface area contributed by atoms with Gasteiger partial charge in [0.15, 0.2) is 0 Å². The maximum Gasteiger partial charge on any atom is 0.124 e. The Bertz CT molecular complexity index is 643. The molecule has 0 saturated carbocycles. The molecule has 0 bridgehead atoms. The molecule has 90 valence electrons. The molecule has 1 aromatic carbocycles. The summed E-state index contributed by atoms with van der Waals surface area (Å²) in [6, 6.07) is 10.1. The molecule has 0 aliphatic rings. The lowest BCUT2D eigenvalue weighted by atomic mass is 10.1. The fraction of sp³-hybridized carbons (Fsp3) is 0.0714. The van der Waals surface area contributed by atoms with E-state index in [1.807, 2.05) is 23.6 Å². The lowest BCUT2D eigenvalue weighted by Gasteiger charge is -1.99. The Morgan fingerprint density at radius 1 is 1.22 bits per heavy atom. The highest BCUT2D eigenvalue weighted by Gasteiger charge is 2.07. The molecule has 3 rings (SSSR count). The van der Waals surface area contributed by atoms with E-state index >= 15 is 0 Å². The molecule has 0 spiro atoms. The Morgan fingerprint density at radius 2 is 2.17 bits per heavy atom. The van der Waals surface area contributed by atoms with Crippen LogP contribution in [0.1, 0.15) is 5.56 Å². The smallest absolute Gasteiger partial charge is 0.124 e. The van der Waals surface area contributed by atoms with Crippen LogP contribution in [0.3, 0.4) is 0 Å². The van der Waals surface area contributed by atoms with E-state index in [4.69, 9.17) is 10.2 Å². The monoisotopic (exact) mass is 256 g/mol. The molecule has 2 heterocycles. The summed E-state index contributed by atoms with van der Waals surface area (Å²) in [4.78, 5) is 4.62. The number of hydrogen-bond acceptors (Lipinski definition) is 4. The van der Waals surface area contributed by atoms with Crippen LogP contribution in [0.25, 0.3) is 21.8 Å². The fourth-order valence-corrected chi connectivity index (χ4v) is 2.61. The van der Waals surface area contributed by atoms with Crippen molar-refractivity contribution in [3.63, 3.8) is 0 Å². The van der Waals surface area contributed by atoms with E-state index in [2.05, 4.69) is 17.1 Å². The third-order valence-electron chi connectivity index (χ3n) is 2.73. The van der Waals surface area contributed by atoms with Gasteiger partial charge in [-0.25, -0.2) is 4.98 Å². The Hall–Kier alpha value is -1.91. The molecule has 0 amide bonds. The molecule has 0 aliphatic carbocycles. The minimum atomic E-state index is 0.549. The molecular weight excluding hydrogens is 244 g/mol. The number of nitrogens with zero attached hydrogens (tertiary/aromatic N) is 1. The first kappa shape index (κ1) is 11.2. The van der Waals surface area contributed by atoms with Gasteiger partial charge in [-0.05, 0) is 17.7 Å². The minimum absolute atomic E-state index is 0.549. The van der Waals surface area contributed by atoms with Crippen LogP contribution in [-0.4, -0.2) is 4.98 Å². The zero-order valence-electron chi connectivity index (χ0n) is 9.67. The summed E-state index contributed by atoms with van der Waals surface area (Å²) < 4.78 is 5.07. The van der Waals surface area contributed by atoms with Crippen LogP contribution < -0.4 is 5.73 Å². The predicted octanol–water partition coefficient (Wildman–Crippen LogP) is 3.53. The third-order valence-corrected chi connectivity index (χ3v) is 3.62. The van der Waals surface area contributed by atoms with Crippen molar-refractivity contribution in [2.45, 2.75) is 6.54 Å². The molecule has 0 saturated heterocycles. The first-order chi connectivity index (χ1) is 8.86. The van der Waals surface area contributed by atoms with Crippen LogP contribution in [0.4, 0.5) is 0 Å². The largest absolute Gasteiger partial charge is 0.472 e. The summed E-state index contributed by atoms with van der Waals surface area (Å²) in [5, 5.41) is 3.04. The maximum absolute atomic E-state index is 5.65. The summed E-state index contributed by atoms with van der Waals surface area (Å²) in [5.41, 5.74) is 9.83. The zero-order chi connectivity index (χ0) is 12.4. The van der Waals surface area contributed by atoms with Gasteiger partial charge >= 0.3 is 0 Å². The van der Waals surface area contributed by atoms with E-state index < -0.39 is 0 Å². The molecule has 2 aromatic heterocycles. The van der Waals surface area contributed by atoms with Gasteiger partial charge in [0, 0.05) is 23.1 Å². The van der Waals surface area contributed by atoms with Crippen LogP contribution in [-0.2, 0) is 6.54 Å². The van der Waals surface area contributed by atoms with Crippen LogP contribution in [0.5, 0.6) is 0 Å². The topological polar surface area (TPSA) is 52.0 Å². The second-order valence-corrected chi connectivity index (χ2v) is 4.81. The van der Waals surface area contributed by atoms with E-state index in [1.54, 1.807) is 23.9 Å². The third kappa shape index (κ3) is 2.08. The van der Waals surface area contributed by atoms with Crippen molar-refractivity contribution in [1.82, 2.24) is 4.98 Å². The Labute approximate surface area is 109 Å². The summed E-state index contributed by atoms with van der Waals surface area (Å²) in [5.74, 6) is 0. The van der Waals surface area contributed by atoms with Gasteiger partial charge in [-0.2, -0.15) is 0 Å². The average molecular weight is 256 g/mol. The molecule has 18 heavy (non-hydrogen) atoms. The summed E-state index contributed by atoms with van der Waals surface area (Å²) in [6.45, 7) is 0.549. The number of rotatable bonds is 3. The molecule has 3 nitrogen and oxygen atoms in total. The average Bonchev–Trinajstić information content (AvgIpc) is 3.09. The second kappa shape index (κ2) is 4.76. The van der Waals surface area contributed by atoms with E-state index in [-0.39, 0.29) is 0 Å². The van der Waals surface area contributed by atoms with E-state index in [1.165, 1.54) is 0 Å². The van der Waals surface area contributed by atoms with Crippen LogP contribution >= 0.6 is 11.3 Å². The number of benzene rings is 1. The number of aromatic nitrogens is 1. The van der Waals surface area contributed by atoms with Gasteiger partial charge in [0.2, 0.25) is 0 Å². The minimum Gasteiger partial charge on any atom is -0.472 e. The first-order valence-corrected chi connectivity index (χ1v) is 6.52. The van der Waals surface area contributed by atoms with Crippen LogP contribution in [0.2, 0.25) is 0 Å². The van der Waals surface area contributed by atoms with Gasteiger partial charge in [0.1, 0.15) is 5.01 Å². The second-order valence-electron chi connectivity index (χ2n) is 3.95. The van der Waals surface area contributed by atoms with Gasteiger partial charge in [-0.15, -0.1) is 11.3 Å². The molecule has 0 atom stereocenters. The van der Waals surface area contributed by atoms with Gasteiger partial charge in [-0.1, -0.05) is 18.2 Å². The summed E-state index contributed by atoms with van der Waals surface area (Å²) >= 11 is 1.63. The quantitative estimate of drug-likeness (QED) is 0.780. The Morgan fingerprint density at radius 3 is 2.94 bits per heavy atom. The van der Waals surface area contributed by atoms with Gasteiger partial charge in [-0.3, -0.25) is 0 Å². The summed E-state index contributed by atoms with van der Waals surface area (Å²) in [6.07, 6.45) is 3.36. The molecule has 0 unspecified atom stereocenters. The van der Waals surface area contributed by atoms with E-state index in [9.17, 15) is 0 Å². The molecule has 0 aliphatic heterocycles. The molecule has 2 N–H and O–H groups in total. The lowest BCUT2D eigenvalue weighted by Crippen LogP contribution is -1.95. The molecule has 0 radical (unpaired) electrons. The fourth-order valence-electron chi connectivity index (χ4n) is 1.78. The SMILES string of the molecule is NCc1cccc(-c2nc(-c3ccoc3)cs2)c1. The number of nitrogens with two attached hydrogens (primary N) is 1. The first-order valence-electron chi connectivity index (χ1n) is 5.64. The van der Waals surface area contributed by atoms with Crippen molar-refractivity contribution in [2.24, 2.45) is 5.73 Å². The molecule has 4 heteroatoms. The van der Waals surface area contributed by atoms with E-state index in [0.717, 1.165) is 27.4 Å². The van der Waals surface area contributed by atoms with Gasteiger partial charge < -0.3 is 10.2 Å². The highest BCUT2D eigenvalue weighted by atomic mass is 32.1. The number of thiazole rings is 1. The maximum atomic E-state index is 5.65.